The van der Waals surface area contributed by atoms with Gasteiger partial charge in [-0.3, -0.25) is 0 Å². The molecule has 1 N–H and O–H groups in total. The molecule has 0 aromatic heterocycles. The van der Waals surface area contributed by atoms with Crippen molar-refractivity contribution in [2.24, 2.45) is 0 Å². The molecule has 0 aliphatic carbocycles. The van der Waals surface area contributed by atoms with Crippen molar-refractivity contribution in [2.45, 2.75) is 45.8 Å². The maximum Gasteiger partial charge on any atom is 0.162 e. The molecule has 0 spiro atoms. The third-order valence-electron chi connectivity index (χ3n) is 6.02. The number of hydrogen-bond acceptors (Lipinski definition) is 4. The van der Waals surface area contributed by atoms with Crippen molar-refractivity contribution in [1.82, 2.24) is 5.32 Å². The molecule has 0 saturated heterocycles. The van der Waals surface area contributed by atoms with Gasteiger partial charge in [0.1, 0.15) is 12.4 Å². The predicted molar refractivity (Wildman–Crippen MR) is 129 cm³/mol. The Labute approximate surface area is 191 Å². The molecule has 0 saturated carbocycles. The number of fused-ring (bicyclic) bond motifs is 1. The third kappa shape index (κ3) is 4.76. The fraction of sp³-hybridized carbons (Fsp3) is 0.357. The Balaban J connectivity index is 1.71. The fourth-order valence-corrected chi connectivity index (χ4v) is 4.42. The number of methoxy groups -OCH3 is 1. The number of ether oxygens (including phenoxy) is 3. The minimum absolute atomic E-state index is 0.108. The highest BCUT2D eigenvalue weighted by Crippen LogP contribution is 2.40. The maximum absolute atomic E-state index is 6.22. The molecular weight excluding hydrogens is 398 g/mol. The van der Waals surface area contributed by atoms with Crippen molar-refractivity contribution in [3.8, 4) is 17.2 Å². The third-order valence-corrected chi connectivity index (χ3v) is 6.02. The van der Waals surface area contributed by atoms with Crippen LogP contribution in [-0.2, 0) is 13.0 Å². The summed E-state index contributed by atoms with van der Waals surface area (Å²) in [5.74, 6) is 2.89. The van der Waals surface area contributed by atoms with Crippen LogP contribution in [0.4, 0.5) is 0 Å². The first kappa shape index (κ1) is 22.2. The quantitative estimate of drug-likeness (QED) is 0.473. The molecule has 168 valence electrons. The summed E-state index contributed by atoms with van der Waals surface area (Å²) >= 11 is 0. The van der Waals surface area contributed by atoms with Crippen molar-refractivity contribution in [3.63, 3.8) is 0 Å². The van der Waals surface area contributed by atoms with Crippen LogP contribution in [0.2, 0.25) is 0 Å². The van der Waals surface area contributed by atoms with Crippen molar-refractivity contribution in [3.05, 3.63) is 88.5 Å². The number of hydrogen-bond donors (Lipinski definition) is 1. The Kier molecular flexibility index (Phi) is 7.01. The van der Waals surface area contributed by atoms with Crippen LogP contribution in [0.3, 0.4) is 0 Å². The van der Waals surface area contributed by atoms with E-state index in [1.807, 2.05) is 25.1 Å². The Bertz CT molecular complexity index is 1050. The summed E-state index contributed by atoms with van der Waals surface area (Å²) in [5.41, 5.74) is 6.30. The van der Waals surface area contributed by atoms with Crippen LogP contribution >= 0.6 is 0 Å². The lowest BCUT2D eigenvalue weighted by Crippen LogP contribution is -2.31. The minimum Gasteiger partial charge on any atom is -0.494 e. The average Bonchev–Trinajstić information content (AvgIpc) is 2.82. The molecule has 1 atom stereocenters. The van der Waals surface area contributed by atoms with Gasteiger partial charge in [-0.1, -0.05) is 50.2 Å². The van der Waals surface area contributed by atoms with Crippen LogP contribution in [0, 0.1) is 0 Å². The molecule has 4 rings (SSSR count). The van der Waals surface area contributed by atoms with E-state index < -0.39 is 0 Å². The normalized spacial score (nSPS) is 15.3. The summed E-state index contributed by atoms with van der Waals surface area (Å²) < 4.78 is 17.7. The predicted octanol–water partition coefficient (Wildman–Crippen LogP) is 6.03. The van der Waals surface area contributed by atoms with Crippen LogP contribution in [0.5, 0.6) is 17.2 Å². The lowest BCUT2D eigenvalue weighted by Gasteiger charge is -2.31. The molecule has 3 aromatic rings. The highest BCUT2D eigenvalue weighted by molar-refractivity contribution is 5.53. The first-order chi connectivity index (χ1) is 15.6. The molecule has 1 aliphatic heterocycles. The Morgan fingerprint density at radius 1 is 0.938 bits per heavy atom. The van der Waals surface area contributed by atoms with Gasteiger partial charge in [-0.2, -0.15) is 0 Å². The zero-order valence-corrected chi connectivity index (χ0v) is 19.5. The molecule has 0 radical (unpaired) electrons. The van der Waals surface area contributed by atoms with E-state index >= 15 is 0 Å². The van der Waals surface area contributed by atoms with E-state index in [1.165, 1.54) is 22.3 Å². The fourth-order valence-electron chi connectivity index (χ4n) is 4.42. The molecule has 0 fully saturated rings. The van der Waals surface area contributed by atoms with Gasteiger partial charge in [0.05, 0.1) is 19.8 Å². The van der Waals surface area contributed by atoms with Crippen molar-refractivity contribution >= 4 is 0 Å². The lowest BCUT2D eigenvalue weighted by atomic mass is 9.84. The van der Waals surface area contributed by atoms with E-state index in [0.29, 0.717) is 19.1 Å². The molecule has 32 heavy (non-hydrogen) atoms. The summed E-state index contributed by atoms with van der Waals surface area (Å²) in [7, 11) is 1.71. The Hall–Kier alpha value is -2.98. The molecule has 3 aromatic carbocycles. The Morgan fingerprint density at radius 3 is 2.47 bits per heavy atom. The van der Waals surface area contributed by atoms with Gasteiger partial charge in [-0.15, -0.1) is 0 Å². The van der Waals surface area contributed by atoms with E-state index in [9.17, 15) is 0 Å². The smallest absolute Gasteiger partial charge is 0.162 e. The van der Waals surface area contributed by atoms with E-state index in [-0.39, 0.29) is 6.04 Å². The average molecular weight is 432 g/mol. The summed E-state index contributed by atoms with van der Waals surface area (Å²) in [6.45, 7) is 8.60. The Morgan fingerprint density at radius 2 is 1.75 bits per heavy atom. The molecule has 0 amide bonds. The van der Waals surface area contributed by atoms with E-state index in [2.05, 4.69) is 61.6 Å². The number of benzene rings is 3. The van der Waals surface area contributed by atoms with Gasteiger partial charge >= 0.3 is 0 Å². The summed E-state index contributed by atoms with van der Waals surface area (Å²) in [4.78, 5) is 0. The molecule has 4 nitrogen and oxygen atoms in total. The lowest BCUT2D eigenvalue weighted by molar-refractivity contribution is 0.283. The topological polar surface area (TPSA) is 39.7 Å². The number of nitrogens with one attached hydrogen (secondary N) is 1. The van der Waals surface area contributed by atoms with Gasteiger partial charge in [0, 0.05) is 6.54 Å². The van der Waals surface area contributed by atoms with Gasteiger partial charge in [-0.25, -0.2) is 0 Å². The first-order valence-electron chi connectivity index (χ1n) is 11.5. The van der Waals surface area contributed by atoms with Crippen LogP contribution in [0.1, 0.15) is 60.5 Å². The zero-order valence-electron chi connectivity index (χ0n) is 19.5. The molecular formula is C28H33NO3. The largest absolute Gasteiger partial charge is 0.494 e. The van der Waals surface area contributed by atoms with Gasteiger partial charge in [0.2, 0.25) is 0 Å². The standard InChI is InChI=1S/C28H33NO3/c1-5-31-22-11-12-23(24(16-22)19(2)3)28-25-17-27(32-18-20-9-7-6-8-10-20)26(30-4)15-21(25)13-14-29-28/h6-12,15-17,19,28-29H,5,13-14,18H2,1-4H3. The van der Waals surface area contributed by atoms with E-state index in [0.717, 1.165) is 35.8 Å². The van der Waals surface area contributed by atoms with Crippen LogP contribution in [-0.4, -0.2) is 20.3 Å². The molecule has 4 heteroatoms. The van der Waals surface area contributed by atoms with Crippen LogP contribution < -0.4 is 19.5 Å². The van der Waals surface area contributed by atoms with Crippen LogP contribution in [0.25, 0.3) is 0 Å². The SMILES string of the molecule is CCOc1ccc(C2NCCc3cc(OC)c(OCc4ccccc4)cc32)c(C(C)C)c1. The number of rotatable bonds is 8. The van der Waals surface area contributed by atoms with E-state index in [1.54, 1.807) is 7.11 Å². The molecule has 1 aliphatic rings. The van der Waals surface area contributed by atoms with Gasteiger partial charge in [0.25, 0.3) is 0 Å². The summed E-state index contributed by atoms with van der Waals surface area (Å²) in [5, 5.41) is 3.74. The van der Waals surface area contributed by atoms with Gasteiger partial charge in [-0.05, 0) is 71.3 Å². The molecule has 1 heterocycles. The molecule has 1 unspecified atom stereocenters. The zero-order chi connectivity index (χ0) is 22.5. The van der Waals surface area contributed by atoms with Crippen LogP contribution in [0.15, 0.2) is 60.7 Å². The van der Waals surface area contributed by atoms with Gasteiger partial charge < -0.3 is 19.5 Å². The monoisotopic (exact) mass is 431 g/mol. The second-order valence-electron chi connectivity index (χ2n) is 8.49. The second kappa shape index (κ2) is 10.1. The minimum atomic E-state index is 0.108. The van der Waals surface area contributed by atoms with Crippen molar-refractivity contribution < 1.29 is 14.2 Å². The maximum atomic E-state index is 6.22. The van der Waals surface area contributed by atoms with Gasteiger partial charge in [0.15, 0.2) is 11.5 Å². The summed E-state index contributed by atoms with van der Waals surface area (Å²) in [6.07, 6.45) is 0.967. The summed E-state index contributed by atoms with van der Waals surface area (Å²) in [6, 6.07) is 21.1. The highest BCUT2D eigenvalue weighted by atomic mass is 16.5. The van der Waals surface area contributed by atoms with Crippen molar-refractivity contribution in [2.75, 3.05) is 20.3 Å². The highest BCUT2D eigenvalue weighted by Gasteiger charge is 2.26. The first-order valence-corrected chi connectivity index (χ1v) is 11.5. The van der Waals surface area contributed by atoms with Crippen molar-refractivity contribution in [1.29, 1.82) is 0 Å². The van der Waals surface area contributed by atoms with E-state index in [4.69, 9.17) is 14.2 Å². The molecule has 0 bridgehead atoms. The second-order valence-corrected chi connectivity index (χ2v) is 8.49.